The lowest BCUT2D eigenvalue weighted by atomic mass is 10.1. The number of nitrogens with one attached hydrogen (secondary N) is 3. The van der Waals surface area contributed by atoms with Crippen LogP contribution in [0.2, 0.25) is 5.02 Å². The van der Waals surface area contributed by atoms with E-state index in [9.17, 15) is 9.18 Å². The van der Waals surface area contributed by atoms with Crippen LogP contribution in [0.1, 0.15) is 12.8 Å². The number of carbonyl (C=O) groups excluding carboxylic acids is 1. The van der Waals surface area contributed by atoms with Gasteiger partial charge in [-0.3, -0.25) is 4.79 Å². The van der Waals surface area contributed by atoms with Crippen LogP contribution in [-0.2, 0) is 4.79 Å². The number of aromatic nitrogens is 2. The number of fused-ring (bicyclic) bond motifs is 1. The highest BCUT2D eigenvalue weighted by atomic mass is 35.5. The van der Waals surface area contributed by atoms with Crippen LogP contribution in [0, 0.1) is 18.2 Å². The molecule has 31 heavy (non-hydrogen) atoms. The first-order valence-electron chi connectivity index (χ1n) is 9.66. The van der Waals surface area contributed by atoms with E-state index in [0.29, 0.717) is 33.8 Å². The molecule has 0 aliphatic carbocycles. The van der Waals surface area contributed by atoms with Crippen molar-refractivity contribution in [2.24, 2.45) is 0 Å². The third kappa shape index (κ3) is 4.68. The largest absolute Gasteiger partial charge is 0.479 e. The van der Waals surface area contributed by atoms with Crippen molar-refractivity contribution >= 4 is 45.6 Å². The van der Waals surface area contributed by atoms with Crippen molar-refractivity contribution in [2.45, 2.75) is 18.9 Å². The second-order valence-electron chi connectivity index (χ2n) is 6.97. The second kappa shape index (κ2) is 9.16. The Labute approximate surface area is 183 Å². The minimum atomic E-state index is -0.513. The molecule has 1 aliphatic heterocycles. The van der Waals surface area contributed by atoms with Crippen LogP contribution in [0.15, 0.2) is 36.7 Å². The molecule has 1 aliphatic rings. The zero-order valence-corrected chi connectivity index (χ0v) is 17.2. The number of amides is 1. The minimum Gasteiger partial charge on any atom is -0.479 e. The molecule has 1 saturated heterocycles. The number of anilines is 3. The lowest BCUT2D eigenvalue weighted by Gasteiger charge is -2.16. The average molecular weight is 440 g/mol. The van der Waals surface area contributed by atoms with Crippen LogP contribution < -0.4 is 20.7 Å². The fraction of sp³-hybridized carbons (Fsp3) is 0.227. The fourth-order valence-corrected chi connectivity index (χ4v) is 3.54. The summed E-state index contributed by atoms with van der Waals surface area (Å²) in [5.41, 5.74) is 1.59. The summed E-state index contributed by atoms with van der Waals surface area (Å²) in [7, 11) is 0. The number of terminal acetylenes is 1. The topological polar surface area (TPSA) is 88.2 Å². The Bertz CT molecular complexity index is 1170. The maximum Gasteiger partial charge on any atom is 0.241 e. The van der Waals surface area contributed by atoms with Gasteiger partial charge in [0.15, 0.2) is 0 Å². The number of hydrogen-bond acceptors (Lipinski definition) is 6. The lowest BCUT2D eigenvalue weighted by molar-refractivity contribution is -0.117. The highest BCUT2D eigenvalue weighted by Crippen LogP contribution is 2.34. The summed E-state index contributed by atoms with van der Waals surface area (Å²) in [6, 6.07) is 7.43. The Hall–Kier alpha value is -3.41. The van der Waals surface area contributed by atoms with Gasteiger partial charge >= 0.3 is 0 Å². The summed E-state index contributed by atoms with van der Waals surface area (Å²) >= 11 is 5.88. The van der Waals surface area contributed by atoms with E-state index < -0.39 is 5.82 Å². The molecule has 0 unspecified atom stereocenters. The molecule has 4 rings (SSSR count). The van der Waals surface area contributed by atoms with Gasteiger partial charge in [0, 0.05) is 17.1 Å². The number of hydrogen-bond donors (Lipinski definition) is 3. The van der Waals surface area contributed by atoms with Gasteiger partial charge in [-0.25, -0.2) is 14.4 Å². The summed E-state index contributed by atoms with van der Waals surface area (Å²) < 4.78 is 19.1. The Morgan fingerprint density at radius 1 is 1.35 bits per heavy atom. The number of rotatable bonds is 6. The number of carbonyl (C=O) groups is 1. The van der Waals surface area contributed by atoms with E-state index in [0.717, 1.165) is 19.4 Å². The number of benzene rings is 2. The summed E-state index contributed by atoms with van der Waals surface area (Å²) in [4.78, 5) is 21.2. The first-order chi connectivity index (χ1) is 15.0. The summed E-state index contributed by atoms with van der Waals surface area (Å²) in [5.74, 6) is 2.62. The van der Waals surface area contributed by atoms with Crippen molar-refractivity contribution < 1.29 is 13.9 Å². The first-order valence-corrected chi connectivity index (χ1v) is 10.0. The Kier molecular flexibility index (Phi) is 6.16. The predicted octanol–water partition coefficient (Wildman–Crippen LogP) is 3.87. The molecule has 9 heteroatoms. The molecule has 158 valence electrons. The zero-order chi connectivity index (χ0) is 21.8. The molecule has 2 aromatic carbocycles. The van der Waals surface area contributed by atoms with Crippen LogP contribution in [0.4, 0.5) is 21.6 Å². The molecule has 0 radical (unpaired) electrons. The molecule has 1 amide bonds. The molecular weight excluding hydrogens is 421 g/mol. The van der Waals surface area contributed by atoms with E-state index in [4.69, 9.17) is 22.8 Å². The van der Waals surface area contributed by atoms with Gasteiger partial charge in [0.25, 0.3) is 0 Å². The fourth-order valence-electron chi connectivity index (χ4n) is 3.36. The smallest absolute Gasteiger partial charge is 0.241 e. The summed E-state index contributed by atoms with van der Waals surface area (Å²) in [5, 5.41) is 9.81. The third-order valence-corrected chi connectivity index (χ3v) is 5.15. The van der Waals surface area contributed by atoms with Crippen molar-refractivity contribution in [3.63, 3.8) is 0 Å². The second-order valence-corrected chi connectivity index (χ2v) is 7.38. The molecule has 1 atom stereocenters. The number of nitrogens with zero attached hydrogens (tertiary/aromatic N) is 2. The van der Waals surface area contributed by atoms with Crippen molar-refractivity contribution in [3.8, 4) is 18.1 Å². The Morgan fingerprint density at radius 2 is 2.23 bits per heavy atom. The normalized spacial score (nSPS) is 15.5. The van der Waals surface area contributed by atoms with Crippen LogP contribution >= 0.6 is 11.6 Å². The summed E-state index contributed by atoms with van der Waals surface area (Å²) in [6.07, 6.45) is 8.43. The molecular formula is C22H19ClFN5O2. The van der Waals surface area contributed by atoms with Crippen LogP contribution in [0.25, 0.3) is 10.9 Å². The standard InChI is InChI=1S/C22H19ClFN5O2/c1-2-8-31-20-11-18-14(10-19(20)29-22(30)17-4-3-7-25-17)21(27-12-26-18)28-13-5-6-16(24)15(23)9-13/h1,5-6,9-12,17,25H,3-4,7-8H2,(H,29,30)(H,26,27,28)/t17-/m1/s1. The Balaban J connectivity index is 1.71. The van der Waals surface area contributed by atoms with E-state index in [-0.39, 0.29) is 23.6 Å². The highest BCUT2D eigenvalue weighted by Gasteiger charge is 2.23. The van der Waals surface area contributed by atoms with Gasteiger partial charge < -0.3 is 20.7 Å². The molecule has 0 saturated carbocycles. The monoisotopic (exact) mass is 439 g/mol. The lowest BCUT2D eigenvalue weighted by Crippen LogP contribution is -2.35. The number of ether oxygens (including phenoxy) is 1. The highest BCUT2D eigenvalue weighted by molar-refractivity contribution is 6.31. The predicted molar refractivity (Wildman–Crippen MR) is 118 cm³/mol. The van der Waals surface area contributed by atoms with E-state index in [1.165, 1.54) is 18.5 Å². The van der Waals surface area contributed by atoms with Gasteiger partial charge in [0.1, 0.15) is 30.3 Å². The molecule has 0 spiro atoms. The molecule has 1 fully saturated rings. The third-order valence-electron chi connectivity index (χ3n) is 4.86. The molecule has 1 aromatic heterocycles. The van der Waals surface area contributed by atoms with Crippen molar-refractivity contribution in [3.05, 3.63) is 47.5 Å². The average Bonchev–Trinajstić information content (AvgIpc) is 3.30. The van der Waals surface area contributed by atoms with Gasteiger partial charge in [0.05, 0.1) is 22.3 Å². The maximum absolute atomic E-state index is 13.5. The molecule has 2 heterocycles. The molecule has 3 aromatic rings. The van der Waals surface area contributed by atoms with Gasteiger partial charge in [-0.2, -0.15) is 0 Å². The summed E-state index contributed by atoms with van der Waals surface area (Å²) in [6.45, 7) is 0.846. The van der Waals surface area contributed by atoms with E-state index in [2.05, 4.69) is 31.8 Å². The molecule has 7 nitrogen and oxygen atoms in total. The van der Waals surface area contributed by atoms with Gasteiger partial charge in [0.2, 0.25) is 5.91 Å². The van der Waals surface area contributed by atoms with E-state index in [1.54, 1.807) is 18.2 Å². The molecule has 3 N–H and O–H groups in total. The Morgan fingerprint density at radius 3 is 2.97 bits per heavy atom. The van der Waals surface area contributed by atoms with Crippen LogP contribution in [0.5, 0.6) is 5.75 Å². The first kappa shape index (κ1) is 20.8. The minimum absolute atomic E-state index is 0.00894. The van der Waals surface area contributed by atoms with Crippen molar-refractivity contribution in [2.75, 3.05) is 23.8 Å². The zero-order valence-electron chi connectivity index (χ0n) is 16.4. The van der Waals surface area contributed by atoms with Crippen molar-refractivity contribution in [1.29, 1.82) is 0 Å². The quantitative estimate of drug-likeness (QED) is 0.505. The van der Waals surface area contributed by atoms with E-state index >= 15 is 0 Å². The van der Waals surface area contributed by atoms with Gasteiger partial charge in [-0.15, -0.1) is 6.42 Å². The number of halogens is 2. The van der Waals surface area contributed by atoms with Gasteiger partial charge in [-0.1, -0.05) is 17.5 Å². The molecule has 0 bridgehead atoms. The van der Waals surface area contributed by atoms with Crippen LogP contribution in [-0.4, -0.2) is 35.1 Å². The van der Waals surface area contributed by atoms with Crippen molar-refractivity contribution in [1.82, 2.24) is 15.3 Å². The maximum atomic E-state index is 13.5. The SMILES string of the molecule is C#CCOc1cc2ncnc(Nc3ccc(F)c(Cl)c3)c2cc1NC(=O)[C@H]1CCCN1. The van der Waals surface area contributed by atoms with Gasteiger partial charge in [-0.05, 0) is 43.7 Å². The van der Waals surface area contributed by atoms with E-state index in [1.807, 2.05) is 0 Å². The van der Waals surface area contributed by atoms with Crippen LogP contribution in [0.3, 0.4) is 0 Å².